The van der Waals surface area contributed by atoms with E-state index in [9.17, 15) is 0 Å². The van der Waals surface area contributed by atoms with Crippen LogP contribution < -0.4 is 22.9 Å². The van der Waals surface area contributed by atoms with E-state index < -0.39 is 0 Å². The molecule has 146 valence electrons. The molecule has 4 heterocycles. The Morgan fingerprint density at radius 3 is 0.793 bits per heavy atom. The second-order valence-electron chi connectivity index (χ2n) is 5.90. The Bertz CT molecular complexity index is 913. The first-order valence-electron chi connectivity index (χ1n) is 8.38. The van der Waals surface area contributed by atoms with E-state index in [0.29, 0.717) is 22.7 Å². The monoisotopic (exact) mass is 474 g/mol. The smallest absolute Gasteiger partial charge is 0.399 e. The standard InChI is InChI=1S/2C10H10N4.Ru/c2*11-7-1-3-13-9(5-7)10-6-8(12)2-4-14-10;/h2*1-6H,(H2,11,13)(H2,12,14);/q;;+2. The third kappa shape index (κ3) is 6.22. The van der Waals surface area contributed by atoms with Gasteiger partial charge in [0.1, 0.15) is 0 Å². The molecular weight excluding hydrogens is 453 g/mol. The number of anilines is 4. The van der Waals surface area contributed by atoms with Gasteiger partial charge in [-0.25, -0.2) is 0 Å². The fourth-order valence-corrected chi connectivity index (χ4v) is 2.35. The summed E-state index contributed by atoms with van der Waals surface area (Å²) in [7, 11) is 0. The molecule has 4 rings (SSSR count). The van der Waals surface area contributed by atoms with Crippen molar-refractivity contribution in [3.05, 3.63) is 73.3 Å². The Morgan fingerprint density at radius 1 is 0.414 bits per heavy atom. The topological polar surface area (TPSA) is 156 Å². The molecule has 0 spiro atoms. The predicted octanol–water partition coefficient (Wildman–Crippen LogP) is 2.61. The van der Waals surface area contributed by atoms with Crippen LogP contribution >= 0.6 is 0 Å². The first kappa shape index (κ1) is 21.7. The Morgan fingerprint density at radius 2 is 0.621 bits per heavy atom. The molecule has 0 aromatic carbocycles. The molecule has 0 atom stereocenters. The van der Waals surface area contributed by atoms with Gasteiger partial charge in [0.2, 0.25) is 0 Å². The molecule has 0 fully saturated rings. The molecule has 0 aliphatic heterocycles. The van der Waals surface area contributed by atoms with E-state index in [-0.39, 0.29) is 19.5 Å². The summed E-state index contributed by atoms with van der Waals surface area (Å²) in [5.41, 5.74) is 28.1. The van der Waals surface area contributed by atoms with E-state index in [4.69, 9.17) is 22.9 Å². The molecule has 8 nitrogen and oxygen atoms in total. The van der Waals surface area contributed by atoms with Gasteiger partial charge >= 0.3 is 19.5 Å². The van der Waals surface area contributed by atoms with Crippen molar-refractivity contribution < 1.29 is 19.5 Å². The summed E-state index contributed by atoms with van der Waals surface area (Å²) in [6.45, 7) is 0. The zero-order chi connectivity index (χ0) is 19.9. The summed E-state index contributed by atoms with van der Waals surface area (Å²) in [4.78, 5) is 16.6. The van der Waals surface area contributed by atoms with Crippen molar-refractivity contribution >= 4 is 22.7 Å². The van der Waals surface area contributed by atoms with E-state index in [1.165, 1.54) is 0 Å². The maximum absolute atomic E-state index is 5.63. The van der Waals surface area contributed by atoms with Gasteiger partial charge in [-0.2, -0.15) is 0 Å². The number of nitrogen functional groups attached to an aromatic ring is 4. The van der Waals surface area contributed by atoms with Crippen LogP contribution in [0.5, 0.6) is 0 Å². The van der Waals surface area contributed by atoms with Crippen molar-refractivity contribution in [2.45, 2.75) is 0 Å². The number of nitrogens with zero attached hydrogens (tertiary/aromatic N) is 4. The Labute approximate surface area is 181 Å². The van der Waals surface area contributed by atoms with Gasteiger partial charge < -0.3 is 22.9 Å². The Kier molecular flexibility index (Phi) is 7.57. The Balaban J connectivity index is 0.000000200. The van der Waals surface area contributed by atoms with Crippen molar-refractivity contribution in [1.82, 2.24) is 19.9 Å². The van der Waals surface area contributed by atoms with Crippen LogP contribution in [0.4, 0.5) is 22.7 Å². The number of pyridine rings is 4. The van der Waals surface area contributed by atoms with Crippen LogP contribution in [0.25, 0.3) is 22.8 Å². The third-order valence-electron chi connectivity index (χ3n) is 3.66. The summed E-state index contributed by atoms with van der Waals surface area (Å²) in [5.74, 6) is 0. The van der Waals surface area contributed by atoms with Crippen molar-refractivity contribution in [3.8, 4) is 22.8 Å². The molecule has 0 aliphatic carbocycles. The maximum atomic E-state index is 5.63. The molecule has 0 unspecified atom stereocenters. The van der Waals surface area contributed by atoms with Gasteiger partial charge in [0.15, 0.2) is 0 Å². The SMILES string of the molecule is Nc1ccnc(-c2cc(N)ccn2)c1.Nc1ccnc(-c2cc(N)ccn2)c1.[Ru+2]. The average molecular weight is 474 g/mol. The van der Waals surface area contributed by atoms with Gasteiger partial charge in [-0.1, -0.05) is 0 Å². The zero-order valence-electron chi connectivity index (χ0n) is 15.4. The summed E-state index contributed by atoms with van der Waals surface area (Å²) < 4.78 is 0. The van der Waals surface area contributed by atoms with Crippen molar-refractivity contribution in [2.75, 3.05) is 22.9 Å². The van der Waals surface area contributed by atoms with Crippen LogP contribution in [-0.2, 0) is 19.5 Å². The predicted molar refractivity (Wildman–Crippen MR) is 113 cm³/mol. The van der Waals surface area contributed by atoms with Gasteiger partial charge in [0.25, 0.3) is 0 Å². The van der Waals surface area contributed by atoms with Gasteiger partial charge in [0.05, 0.1) is 22.8 Å². The van der Waals surface area contributed by atoms with Crippen LogP contribution in [-0.4, -0.2) is 19.9 Å². The molecule has 0 saturated heterocycles. The zero-order valence-corrected chi connectivity index (χ0v) is 17.1. The van der Waals surface area contributed by atoms with E-state index in [0.717, 1.165) is 22.8 Å². The van der Waals surface area contributed by atoms with E-state index in [1.54, 1.807) is 73.3 Å². The molecule has 8 N–H and O–H groups in total. The molecule has 0 saturated carbocycles. The maximum Gasteiger partial charge on any atom is 2.00 e. The van der Waals surface area contributed by atoms with Gasteiger partial charge in [-0.15, -0.1) is 0 Å². The molecule has 0 radical (unpaired) electrons. The number of nitrogens with two attached hydrogens (primary N) is 4. The van der Waals surface area contributed by atoms with Crippen LogP contribution in [0, 0.1) is 0 Å². The van der Waals surface area contributed by atoms with Crippen LogP contribution in [0.15, 0.2) is 73.3 Å². The third-order valence-corrected chi connectivity index (χ3v) is 3.66. The minimum atomic E-state index is 0. The minimum absolute atomic E-state index is 0. The number of hydrogen-bond donors (Lipinski definition) is 4. The summed E-state index contributed by atoms with van der Waals surface area (Å²) in [5, 5.41) is 0. The molecule has 9 heteroatoms. The fraction of sp³-hybridized carbons (Fsp3) is 0. The molecule has 29 heavy (non-hydrogen) atoms. The van der Waals surface area contributed by atoms with E-state index >= 15 is 0 Å². The number of aromatic nitrogens is 4. The normalized spacial score (nSPS) is 9.66. The van der Waals surface area contributed by atoms with Crippen molar-refractivity contribution in [3.63, 3.8) is 0 Å². The van der Waals surface area contributed by atoms with E-state index in [2.05, 4.69) is 19.9 Å². The summed E-state index contributed by atoms with van der Waals surface area (Å²) in [6, 6.07) is 14.0. The van der Waals surface area contributed by atoms with E-state index in [1.807, 2.05) is 0 Å². The Hall–Kier alpha value is -3.58. The second-order valence-corrected chi connectivity index (χ2v) is 5.90. The quantitative estimate of drug-likeness (QED) is 0.324. The average Bonchev–Trinajstić information content (AvgIpc) is 2.69. The molecule has 0 aliphatic rings. The number of hydrogen-bond acceptors (Lipinski definition) is 8. The van der Waals surface area contributed by atoms with Crippen LogP contribution in [0.3, 0.4) is 0 Å². The van der Waals surface area contributed by atoms with Crippen LogP contribution in [0.2, 0.25) is 0 Å². The first-order valence-corrected chi connectivity index (χ1v) is 8.38. The van der Waals surface area contributed by atoms with Gasteiger partial charge in [0, 0.05) is 47.5 Å². The molecule has 0 amide bonds. The summed E-state index contributed by atoms with van der Waals surface area (Å²) >= 11 is 0. The molecular formula is C20H20N8Ru+2. The van der Waals surface area contributed by atoms with Crippen LogP contribution in [0.1, 0.15) is 0 Å². The van der Waals surface area contributed by atoms with Gasteiger partial charge in [-0.3, -0.25) is 19.9 Å². The number of rotatable bonds is 2. The van der Waals surface area contributed by atoms with Crippen molar-refractivity contribution in [1.29, 1.82) is 0 Å². The largest absolute Gasteiger partial charge is 2.00 e. The van der Waals surface area contributed by atoms with Crippen molar-refractivity contribution in [2.24, 2.45) is 0 Å². The van der Waals surface area contributed by atoms with Gasteiger partial charge in [-0.05, 0) is 48.5 Å². The molecule has 4 aromatic heterocycles. The molecule has 4 aromatic rings. The second kappa shape index (κ2) is 10.1. The summed E-state index contributed by atoms with van der Waals surface area (Å²) in [6.07, 6.45) is 6.59. The molecule has 0 bridgehead atoms. The fourth-order valence-electron chi connectivity index (χ4n) is 2.35. The minimum Gasteiger partial charge on any atom is -0.399 e. The first-order chi connectivity index (χ1) is 13.5.